The molecule has 4 aromatic rings. The maximum Gasteiger partial charge on any atom is 0.188 e. The molecule has 4 rings (SSSR count). The van der Waals surface area contributed by atoms with E-state index in [1.807, 2.05) is 44.2 Å². The lowest BCUT2D eigenvalue weighted by Gasteiger charge is -2.13. The van der Waals surface area contributed by atoms with E-state index in [2.05, 4.69) is 32.1 Å². The van der Waals surface area contributed by atoms with Crippen molar-refractivity contribution in [2.45, 2.75) is 20.3 Å². The number of aryl methyl sites for hydroxylation is 2. The molecule has 1 aromatic carbocycles. The second-order valence-corrected chi connectivity index (χ2v) is 8.37. The van der Waals surface area contributed by atoms with Gasteiger partial charge in [0.1, 0.15) is 11.6 Å². The third-order valence-corrected chi connectivity index (χ3v) is 6.03. The first-order valence-electron chi connectivity index (χ1n) is 8.43. The molecule has 0 aliphatic carbocycles. The fourth-order valence-electron chi connectivity index (χ4n) is 2.83. The van der Waals surface area contributed by atoms with Crippen LogP contribution in [0.25, 0.3) is 10.6 Å². The second kappa shape index (κ2) is 7.76. The van der Waals surface area contributed by atoms with Gasteiger partial charge in [0.25, 0.3) is 0 Å². The molecule has 0 spiro atoms. The molecule has 136 valence electrons. The SMILES string of the molecule is Cc1nc(C)c(Cc2ccc(Cl)cc2)c(Nc2nc(-c3cccs3)cs2)n1. The van der Waals surface area contributed by atoms with Crippen LogP contribution in [0.4, 0.5) is 10.9 Å². The molecule has 0 bridgehead atoms. The minimum atomic E-state index is 0.731. The number of benzene rings is 1. The van der Waals surface area contributed by atoms with Gasteiger partial charge in [-0.1, -0.05) is 29.8 Å². The van der Waals surface area contributed by atoms with Gasteiger partial charge in [-0.25, -0.2) is 15.0 Å². The van der Waals surface area contributed by atoms with Crippen LogP contribution in [0.5, 0.6) is 0 Å². The van der Waals surface area contributed by atoms with Gasteiger partial charge in [0, 0.05) is 28.1 Å². The monoisotopic (exact) mass is 412 g/mol. The summed E-state index contributed by atoms with van der Waals surface area (Å²) in [5.74, 6) is 1.55. The number of hydrogen-bond acceptors (Lipinski definition) is 6. The maximum atomic E-state index is 6.01. The quantitative estimate of drug-likeness (QED) is 0.420. The average Bonchev–Trinajstić information content (AvgIpc) is 3.31. The lowest BCUT2D eigenvalue weighted by molar-refractivity contribution is 0.965. The zero-order valence-corrected chi connectivity index (χ0v) is 17.3. The minimum Gasteiger partial charge on any atom is -0.316 e. The number of nitrogens with one attached hydrogen (secondary N) is 1. The number of thiophene rings is 1. The Kier molecular flexibility index (Phi) is 5.20. The molecule has 0 aliphatic heterocycles. The summed E-state index contributed by atoms with van der Waals surface area (Å²) in [4.78, 5) is 15.0. The third-order valence-electron chi connectivity index (χ3n) is 4.12. The van der Waals surface area contributed by atoms with E-state index in [9.17, 15) is 0 Å². The molecular weight excluding hydrogens is 396 g/mol. The van der Waals surface area contributed by atoms with E-state index in [4.69, 9.17) is 16.6 Å². The van der Waals surface area contributed by atoms with Gasteiger partial charge in [-0.3, -0.25) is 0 Å². The predicted octanol–water partition coefficient (Wildman–Crippen LogP) is 6.27. The Morgan fingerprint density at radius 3 is 2.56 bits per heavy atom. The summed E-state index contributed by atoms with van der Waals surface area (Å²) in [6, 6.07) is 12.0. The van der Waals surface area contributed by atoms with Crippen LogP contribution in [0.3, 0.4) is 0 Å². The zero-order chi connectivity index (χ0) is 18.8. The molecule has 1 N–H and O–H groups in total. The van der Waals surface area contributed by atoms with Gasteiger partial charge in [-0.15, -0.1) is 22.7 Å². The highest BCUT2D eigenvalue weighted by Gasteiger charge is 2.14. The molecule has 0 saturated carbocycles. The van der Waals surface area contributed by atoms with Gasteiger partial charge in [-0.2, -0.15) is 0 Å². The topological polar surface area (TPSA) is 50.7 Å². The first-order chi connectivity index (χ1) is 13.1. The third kappa shape index (κ3) is 4.18. The molecule has 7 heteroatoms. The first kappa shape index (κ1) is 18.1. The van der Waals surface area contributed by atoms with Crippen molar-refractivity contribution in [3.8, 4) is 10.6 Å². The zero-order valence-electron chi connectivity index (χ0n) is 14.9. The molecule has 0 radical (unpaired) electrons. The van der Waals surface area contributed by atoms with Gasteiger partial charge in [0.2, 0.25) is 0 Å². The van der Waals surface area contributed by atoms with E-state index >= 15 is 0 Å². The number of anilines is 2. The lowest BCUT2D eigenvalue weighted by atomic mass is 10.0. The maximum absolute atomic E-state index is 6.01. The summed E-state index contributed by atoms with van der Waals surface area (Å²) >= 11 is 9.27. The molecule has 3 heterocycles. The summed E-state index contributed by atoms with van der Waals surface area (Å²) in [6.07, 6.45) is 0.731. The Labute approximate surface area is 170 Å². The van der Waals surface area contributed by atoms with Crippen molar-refractivity contribution in [3.05, 3.63) is 74.8 Å². The minimum absolute atomic E-state index is 0.731. The van der Waals surface area contributed by atoms with Crippen molar-refractivity contribution in [1.29, 1.82) is 0 Å². The van der Waals surface area contributed by atoms with Crippen molar-refractivity contribution < 1.29 is 0 Å². The number of nitrogens with zero attached hydrogens (tertiary/aromatic N) is 3. The van der Waals surface area contributed by atoms with Crippen LogP contribution in [0, 0.1) is 13.8 Å². The van der Waals surface area contributed by atoms with Crippen LogP contribution in [0.2, 0.25) is 5.02 Å². The van der Waals surface area contributed by atoms with Gasteiger partial charge >= 0.3 is 0 Å². The number of aromatic nitrogens is 3. The van der Waals surface area contributed by atoms with Gasteiger partial charge in [-0.05, 0) is 43.0 Å². The molecule has 4 nitrogen and oxygen atoms in total. The van der Waals surface area contributed by atoms with Crippen LogP contribution in [0.15, 0.2) is 47.2 Å². The van der Waals surface area contributed by atoms with Crippen LogP contribution < -0.4 is 5.32 Å². The van der Waals surface area contributed by atoms with Crippen LogP contribution in [-0.2, 0) is 6.42 Å². The van der Waals surface area contributed by atoms with Gasteiger partial charge in [0.05, 0.1) is 10.6 Å². The average molecular weight is 413 g/mol. The Hall–Kier alpha value is -2.28. The molecule has 0 fully saturated rings. The standard InChI is InChI=1S/C20H17ClN4S2/c1-12-16(10-14-5-7-15(21)8-6-14)19(23-13(2)22-12)25-20-24-17(11-27-20)18-4-3-9-26-18/h3-9,11H,10H2,1-2H3,(H,22,23,24,25). The van der Waals surface area contributed by atoms with Crippen molar-refractivity contribution in [3.63, 3.8) is 0 Å². The Bertz CT molecular complexity index is 1060. The molecule has 3 aromatic heterocycles. The molecule has 0 unspecified atom stereocenters. The Balaban J connectivity index is 1.64. The first-order valence-corrected chi connectivity index (χ1v) is 10.6. The van der Waals surface area contributed by atoms with Crippen molar-refractivity contribution in [2.24, 2.45) is 0 Å². The largest absolute Gasteiger partial charge is 0.316 e. The lowest BCUT2D eigenvalue weighted by Crippen LogP contribution is -2.06. The normalized spacial score (nSPS) is 10.9. The van der Waals surface area contributed by atoms with Crippen LogP contribution >= 0.6 is 34.3 Å². The molecular formula is C20H17ClN4S2. The van der Waals surface area contributed by atoms with Crippen LogP contribution in [-0.4, -0.2) is 15.0 Å². The van der Waals surface area contributed by atoms with E-state index in [-0.39, 0.29) is 0 Å². The summed E-state index contributed by atoms with van der Waals surface area (Å²) in [6.45, 7) is 3.92. The smallest absolute Gasteiger partial charge is 0.188 e. The van der Waals surface area contributed by atoms with E-state index in [1.165, 1.54) is 0 Å². The number of thiazole rings is 1. The molecule has 0 amide bonds. The number of halogens is 1. The second-order valence-electron chi connectivity index (χ2n) is 6.13. The fourth-order valence-corrected chi connectivity index (χ4v) is 4.42. The van der Waals surface area contributed by atoms with Crippen molar-refractivity contribution >= 4 is 45.2 Å². The van der Waals surface area contributed by atoms with E-state index in [0.29, 0.717) is 0 Å². The molecule has 0 atom stereocenters. The summed E-state index contributed by atoms with van der Waals surface area (Å²) in [7, 11) is 0. The highest BCUT2D eigenvalue weighted by molar-refractivity contribution is 7.16. The van der Waals surface area contributed by atoms with Crippen molar-refractivity contribution in [2.75, 3.05) is 5.32 Å². The Morgan fingerprint density at radius 1 is 1.00 bits per heavy atom. The molecule has 0 aliphatic rings. The predicted molar refractivity (Wildman–Crippen MR) is 114 cm³/mol. The van der Waals surface area contributed by atoms with Gasteiger partial charge < -0.3 is 5.32 Å². The highest BCUT2D eigenvalue weighted by atomic mass is 35.5. The molecule has 0 saturated heterocycles. The molecule has 27 heavy (non-hydrogen) atoms. The number of rotatable bonds is 5. The van der Waals surface area contributed by atoms with Crippen molar-refractivity contribution in [1.82, 2.24) is 15.0 Å². The van der Waals surface area contributed by atoms with E-state index < -0.39 is 0 Å². The number of hydrogen-bond donors (Lipinski definition) is 1. The summed E-state index contributed by atoms with van der Waals surface area (Å²) in [5.41, 5.74) is 4.18. The Morgan fingerprint density at radius 2 is 1.81 bits per heavy atom. The summed E-state index contributed by atoms with van der Waals surface area (Å²) < 4.78 is 0. The van der Waals surface area contributed by atoms with E-state index in [0.717, 1.165) is 55.6 Å². The van der Waals surface area contributed by atoms with E-state index in [1.54, 1.807) is 22.7 Å². The van der Waals surface area contributed by atoms with Gasteiger partial charge in [0.15, 0.2) is 5.13 Å². The highest BCUT2D eigenvalue weighted by Crippen LogP contribution is 2.31. The fraction of sp³-hybridized carbons (Fsp3) is 0.150. The van der Waals surface area contributed by atoms with Crippen LogP contribution in [0.1, 0.15) is 22.6 Å². The summed E-state index contributed by atoms with van der Waals surface area (Å²) in [5, 5.41) is 9.09.